The Bertz CT molecular complexity index is 257. The molecule has 0 aromatic rings. The summed E-state index contributed by atoms with van der Waals surface area (Å²) in [5.41, 5.74) is 0. The zero-order chi connectivity index (χ0) is 14.7. The normalized spacial score (nSPS) is 10.1. The van der Waals surface area contributed by atoms with Gasteiger partial charge >= 0.3 is 17.9 Å². The number of rotatable bonds is 9. The first-order valence-electron chi connectivity index (χ1n) is 6.22. The molecule has 110 valence electrons. The molecular formula is C12H21O6P. The first-order chi connectivity index (χ1) is 9.03. The summed E-state index contributed by atoms with van der Waals surface area (Å²) >= 11 is 0. The Kier molecular flexibility index (Phi) is 10.1. The SMILES string of the molecule is CCOC(=O)CP(CC(=O)OCC)CC(=O)OCC. The van der Waals surface area contributed by atoms with Crippen molar-refractivity contribution in [2.75, 3.05) is 38.3 Å². The van der Waals surface area contributed by atoms with E-state index in [0.717, 1.165) is 0 Å². The molecule has 19 heavy (non-hydrogen) atoms. The first kappa shape index (κ1) is 17.8. The molecule has 0 aliphatic heterocycles. The van der Waals surface area contributed by atoms with E-state index in [1.54, 1.807) is 20.8 Å². The van der Waals surface area contributed by atoms with Gasteiger partial charge in [-0.1, -0.05) is 7.92 Å². The molecule has 7 heteroatoms. The summed E-state index contributed by atoms with van der Waals surface area (Å²) in [6.07, 6.45) is 0.211. The lowest BCUT2D eigenvalue weighted by atomic mass is 10.7. The average molecular weight is 292 g/mol. The maximum atomic E-state index is 11.4. The summed E-state index contributed by atoms with van der Waals surface area (Å²) in [5, 5.41) is 0. The van der Waals surface area contributed by atoms with Crippen LogP contribution in [0.25, 0.3) is 0 Å². The van der Waals surface area contributed by atoms with Crippen LogP contribution in [0.1, 0.15) is 20.8 Å². The molecule has 0 heterocycles. The standard InChI is InChI=1S/C12H21O6P/c1-4-16-10(13)7-19(8-11(14)17-5-2)9-12(15)18-6-3/h4-9H2,1-3H3. The Hall–Kier alpha value is -1.16. The highest BCUT2D eigenvalue weighted by Crippen LogP contribution is 2.35. The molecule has 0 aliphatic carbocycles. The fraction of sp³-hybridized carbons (Fsp3) is 0.750. The van der Waals surface area contributed by atoms with Crippen LogP contribution >= 0.6 is 7.92 Å². The van der Waals surface area contributed by atoms with Crippen molar-refractivity contribution in [1.29, 1.82) is 0 Å². The molecule has 0 bridgehead atoms. The van der Waals surface area contributed by atoms with E-state index in [2.05, 4.69) is 0 Å². The molecule has 0 aromatic heterocycles. The summed E-state index contributed by atoms with van der Waals surface area (Å²) in [6.45, 7) is 5.95. The molecule has 0 saturated carbocycles. The van der Waals surface area contributed by atoms with E-state index in [-0.39, 0.29) is 38.3 Å². The molecule has 0 amide bonds. The van der Waals surface area contributed by atoms with Gasteiger partial charge in [0, 0.05) is 0 Å². The summed E-state index contributed by atoms with van der Waals surface area (Å²) in [7, 11) is -1.14. The molecule has 0 N–H and O–H groups in total. The molecule has 0 atom stereocenters. The van der Waals surface area contributed by atoms with Gasteiger partial charge < -0.3 is 14.2 Å². The zero-order valence-electron chi connectivity index (χ0n) is 11.6. The lowest BCUT2D eigenvalue weighted by molar-refractivity contribution is -0.140. The quantitative estimate of drug-likeness (QED) is 0.360. The Morgan fingerprint density at radius 2 is 0.947 bits per heavy atom. The second kappa shape index (κ2) is 10.7. The number of esters is 3. The van der Waals surface area contributed by atoms with E-state index >= 15 is 0 Å². The highest BCUT2D eigenvalue weighted by molar-refractivity contribution is 7.60. The summed E-state index contributed by atoms with van der Waals surface area (Å²) in [4.78, 5) is 34.3. The van der Waals surface area contributed by atoms with Crippen molar-refractivity contribution in [2.45, 2.75) is 20.8 Å². The Balaban J connectivity index is 4.40. The Morgan fingerprint density at radius 1 is 0.684 bits per heavy atom. The van der Waals surface area contributed by atoms with E-state index < -0.39 is 25.8 Å². The Morgan fingerprint density at radius 3 is 1.16 bits per heavy atom. The van der Waals surface area contributed by atoms with Crippen LogP contribution in [0, 0.1) is 0 Å². The third-order valence-corrected chi connectivity index (χ3v) is 4.09. The van der Waals surface area contributed by atoms with Gasteiger partial charge in [-0.05, 0) is 20.8 Å². The zero-order valence-corrected chi connectivity index (χ0v) is 12.5. The van der Waals surface area contributed by atoms with Gasteiger partial charge in [0.2, 0.25) is 0 Å². The van der Waals surface area contributed by atoms with Gasteiger partial charge in [-0.2, -0.15) is 0 Å². The summed E-state index contributed by atoms with van der Waals surface area (Å²) in [6, 6.07) is 0. The summed E-state index contributed by atoms with van der Waals surface area (Å²) < 4.78 is 14.5. The maximum absolute atomic E-state index is 11.4. The van der Waals surface area contributed by atoms with Crippen molar-refractivity contribution >= 4 is 25.8 Å². The van der Waals surface area contributed by atoms with Crippen molar-refractivity contribution in [1.82, 2.24) is 0 Å². The van der Waals surface area contributed by atoms with E-state index in [9.17, 15) is 14.4 Å². The lowest BCUT2D eigenvalue weighted by Gasteiger charge is -2.15. The molecule has 0 aromatic carbocycles. The van der Waals surface area contributed by atoms with E-state index in [4.69, 9.17) is 14.2 Å². The molecular weight excluding hydrogens is 271 g/mol. The summed E-state index contributed by atoms with van der Waals surface area (Å²) in [5.74, 6) is -1.20. The van der Waals surface area contributed by atoms with Crippen LogP contribution in [0.3, 0.4) is 0 Å². The van der Waals surface area contributed by atoms with Crippen molar-refractivity contribution in [2.24, 2.45) is 0 Å². The maximum Gasteiger partial charge on any atom is 0.310 e. The number of hydrogen-bond acceptors (Lipinski definition) is 6. The first-order valence-corrected chi connectivity index (χ1v) is 8.12. The molecule has 6 nitrogen and oxygen atoms in total. The topological polar surface area (TPSA) is 78.9 Å². The van der Waals surface area contributed by atoms with Crippen LogP contribution in [0.15, 0.2) is 0 Å². The molecule has 0 fully saturated rings. The smallest absolute Gasteiger partial charge is 0.310 e. The highest BCUT2D eigenvalue weighted by atomic mass is 31.1. The van der Waals surface area contributed by atoms with E-state index in [1.165, 1.54) is 0 Å². The minimum absolute atomic E-state index is 0.0702. The van der Waals surface area contributed by atoms with Gasteiger partial charge in [0.25, 0.3) is 0 Å². The fourth-order valence-corrected chi connectivity index (χ4v) is 3.04. The second-order valence-corrected chi connectivity index (χ2v) is 5.85. The monoisotopic (exact) mass is 292 g/mol. The van der Waals surface area contributed by atoms with Gasteiger partial charge in [-0.25, -0.2) is 0 Å². The van der Waals surface area contributed by atoms with Crippen LogP contribution < -0.4 is 0 Å². The van der Waals surface area contributed by atoms with Crippen molar-refractivity contribution < 1.29 is 28.6 Å². The molecule has 0 spiro atoms. The van der Waals surface area contributed by atoms with Crippen LogP contribution in [0.2, 0.25) is 0 Å². The predicted molar refractivity (Wildman–Crippen MR) is 71.4 cm³/mol. The van der Waals surface area contributed by atoms with Crippen molar-refractivity contribution in [3.05, 3.63) is 0 Å². The molecule has 0 rings (SSSR count). The number of carbonyl (C=O) groups is 3. The molecule has 0 radical (unpaired) electrons. The van der Waals surface area contributed by atoms with Gasteiger partial charge in [0.15, 0.2) is 0 Å². The van der Waals surface area contributed by atoms with Crippen LogP contribution in [-0.4, -0.2) is 56.2 Å². The third-order valence-electron chi connectivity index (χ3n) is 1.97. The predicted octanol–water partition coefficient (Wildman–Crippen LogP) is 1.16. The number of carbonyl (C=O) groups excluding carboxylic acids is 3. The average Bonchev–Trinajstić information content (AvgIpc) is 2.29. The molecule has 0 saturated heterocycles. The molecule has 0 unspecified atom stereocenters. The van der Waals surface area contributed by atoms with Gasteiger partial charge in [0.1, 0.15) is 0 Å². The van der Waals surface area contributed by atoms with Gasteiger partial charge in [-0.15, -0.1) is 0 Å². The van der Waals surface area contributed by atoms with Crippen LogP contribution in [-0.2, 0) is 28.6 Å². The number of ether oxygens (including phenoxy) is 3. The number of hydrogen-bond donors (Lipinski definition) is 0. The largest absolute Gasteiger partial charge is 0.466 e. The molecule has 0 aliphatic rings. The van der Waals surface area contributed by atoms with E-state index in [1.807, 2.05) is 0 Å². The van der Waals surface area contributed by atoms with Crippen LogP contribution in [0.5, 0.6) is 0 Å². The van der Waals surface area contributed by atoms with Crippen LogP contribution in [0.4, 0.5) is 0 Å². The second-order valence-electron chi connectivity index (χ2n) is 3.56. The third kappa shape index (κ3) is 9.42. The Labute approximate surface area is 114 Å². The van der Waals surface area contributed by atoms with Crippen molar-refractivity contribution in [3.63, 3.8) is 0 Å². The fourth-order valence-electron chi connectivity index (χ4n) is 1.34. The minimum atomic E-state index is -1.14. The highest BCUT2D eigenvalue weighted by Gasteiger charge is 2.22. The van der Waals surface area contributed by atoms with Gasteiger partial charge in [-0.3, -0.25) is 14.4 Å². The van der Waals surface area contributed by atoms with Crippen molar-refractivity contribution in [3.8, 4) is 0 Å². The minimum Gasteiger partial charge on any atom is -0.466 e. The lowest BCUT2D eigenvalue weighted by Crippen LogP contribution is -2.19. The van der Waals surface area contributed by atoms with E-state index in [0.29, 0.717) is 0 Å². The van der Waals surface area contributed by atoms with Gasteiger partial charge in [0.05, 0.1) is 38.3 Å².